The summed E-state index contributed by atoms with van der Waals surface area (Å²) in [4.78, 5) is 38.7. The van der Waals surface area contributed by atoms with E-state index in [9.17, 15) is 19.7 Å². The minimum absolute atomic E-state index is 0.0168. The average molecular weight is 340 g/mol. The monoisotopic (exact) mass is 340 g/mol. The number of carbonyl (C=O) groups excluding carboxylic acids is 2. The molecule has 1 heterocycles. The molecule has 9 heteroatoms. The second-order valence-corrected chi connectivity index (χ2v) is 4.94. The largest absolute Gasteiger partial charge is 0.475 e. The molecule has 0 aromatic carbocycles. The van der Waals surface area contributed by atoms with Crippen molar-refractivity contribution in [3.63, 3.8) is 0 Å². The third-order valence-electron chi connectivity index (χ3n) is 2.80. The molecular formula is C15H20N2O7. The van der Waals surface area contributed by atoms with Crippen molar-refractivity contribution in [2.75, 3.05) is 13.2 Å². The summed E-state index contributed by atoms with van der Waals surface area (Å²) in [6, 6.07) is 1.19. The fraction of sp³-hybridized carbons (Fsp3) is 0.533. The zero-order chi connectivity index (χ0) is 18.3. The number of nitrogens with zero attached hydrogens (tertiary/aromatic N) is 2. The summed E-state index contributed by atoms with van der Waals surface area (Å²) in [6.07, 6.45) is 0.703. The second kappa shape index (κ2) is 8.80. The van der Waals surface area contributed by atoms with Crippen LogP contribution >= 0.6 is 0 Å². The van der Waals surface area contributed by atoms with Gasteiger partial charge in [-0.2, -0.15) is 0 Å². The van der Waals surface area contributed by atoms with Crippen molar-refractivity contribution in [1.29, 1.82) is 0 Å². The zero-order valence-corrected chi connectivity index (χ0v) is 14.0. The summed E-state index contributed by atoms with van der Waals surface area (Å²) < 4.78 is 15.1. The quantitative estimate of drug-likeness (QED) is 0.305. The fourth-order valence-corrected chi connectivity index (χ4v) is 1.93. The molecule has 0 atom stereocenters. The van der Waals surface area contributed by atoms with Crippen LogP contribution in [0.3, 0.4) is 0 Å². The standard InChI is InChI=1S/C15H20N2O7/c1-5-22-14(18)13(15(19)23-6-2)10-7-12(24-9(3)4)16-8-11(10)17(20)21/h7-9,13H,5-6H2,1-4H3. The molecule has 0 aliphatic heterocycles. The van der Waals surface area contributed by atoms with Gasteiger partial charge in [0.25, 0.3) is 5.69 Å². The smallest absolute Gasteiger partial charge is 0.325 e. The van der Waals surface area contributed by atoms with Crippen LogP contribution in [0, 0.1) is 10.1 Å². The number of hydrogen-bond acceptors (Lipinski definition) is 8. The van der Waals surface area contributed by atoms with Crippen molar-refractivity contribution in [1.82, 2.24) is 4.98 Å². The third-order valence-corrected chi connectivity index (χ3v) is 2.80. The number of nitro groups is 1. The minimum Gasteiger partial charge on any atom is -0.475 e. The molecule has 0 bridgehead atoms. The van der Waals surface area contributed by atoms with Crippen LogP contribution in [0.4, 0.5) is 5.69 Å². The first-order valence-corrected chi connectivity index (χ1v) is 7.46. The van der Waals surface area contributed by atoms with E-state index in [1.165, 1.54) is 6.07 Å². The first kappa shape index (κ1) is 19.3. The van der Waals surface area contributed by atoms with E-state index in [1.54, 1.807) is 27.7 Å². The van der Waals surface area contributed by atoms with Gasteiger partial charge in [-0.3, -0.25) is 19.7 Å². The van der Waals surface area contributed by atoms with Crippen LogP contribution in [0.2, 0.25) is 0 Å². The van der Waals surface area contributed by atoms with Gasteiger partial charge >= 0.3 is 11.9 Å². The van der Waals surface area contributed by atoms with Crippen molar-refractivity contribution in [2.45, 2.75) is 39.7 Å². The van der Waals surface area contributed by atoms with Gasteiger partial charge < -0.3 is 14.2 Å². The number of rotatable bonds is 8. The lowest BCUT2D eigenvalue weighted by molar-refractivity contribution is -0.386. The maximum absolute atomic E-state index is 12.2. The van der Waals surface area contributed by atoms with Crippen LogP contribution in [-0.4, -0.2) is 41.2 Å². The molecule has 9 nitrogen and oxygen atoms in total. The molecule has 132 valence electrons. The van der Waals surface area contributed by atoms with Crippen LogP contribution in [0.15, 0.2) is 12.3 Å². The highest BCUT2D eigenvalue weighted by molar-refractivity contribution is 6.01. The van der Waals surface area contributed by atoms with Crippen LogP contribution in [0.1, 0.15) is 39.2 Å². The summed E-state index contributed by atoms with van der Waals surface area (Å²) in [5, 5.41) is 11.2. The predicted octanol–water partition coefficient (Wildman–Crippen LogP) is 1.99. The van der Waals surface area contributed by atoms with Crippen LogP contribution in [0.25, 0.3) is 0 Å². The SMILES string of the molecule is CCOC(=O)C(C(=O)OCC)c1cc(OC(C)C)ncc1[N+](=O)[O-]. The van der Waals surface area contributed by atoms with Gasteiger partial charge in [0.05, 0.1) is 29.8 Å². The van der Waals surface area contributed by atoms with E-state index in [0.29, 0.717) is 0 Å². The summed E-state index contributed by atoms with van der Waals surface area (Å²) >= 11 is 0. The first-order chi connectivity index (χ1) is 11.3. The Bertz CT molecular complexity index is 598. The summed E-state index contributed by atoms with van der Waals surface area (Å²) in [5.74, 6) is -3.38. The maximum atomic E-state index is 12.2. The van der Waals surface area contributed by atoms with Crippen LogP contribution in [-0.2, 0) is 19.1 Å². The van der Waals surface area contributed by atoms with Gasteiger partial charge in [-0.15, -0.1) is 0 Å². The van der Waals surface area contributed by atoms with E-state index >= 15 is 0 Å². The molecule has 1 rings (SSSR count). The highest BCUT2D eigenvalue weighted by Gasteiger charge is 2.37. The molecule has 0 radical (unpaired) electrons. The number of esters is 2. The highest BCUT2D eigenvalue weighted by atomic mass is 16.6. The Hall–Kier alpha value is -2.71. The van der Waals surface area contributed by atoms with Gasteiger partial charge in [0.15, 0.2) is 5.92 Å². The Morgan fingerprint density at radius 3 is 2.17 bits per heavy atom. The van der Waals surface area contributed by atoms with E-state index in [4.69, 9.17) is 14.2 Å². The first-order valence-electron chi connectivity index (χ1n) is 7.46. The Morgan fingerprint density at radius 1 is 1.21 bits per heavy atom. The fourth-order valence-electron chi connectivity index (χ4n) is 1.93. The summed E-state index contributed by atoms with van der Waals surface area (Å²) in [7, 11) is 0. The van der Waals surface area contributed by atoms with Crippen LogP contribution in [0.5, 0.6) is 5.88 Å². The lowest BCUT2D eigenvalue weighted by atomic mass is 9.98. The van der Waals surface area contributed by atoms with Gasteiger partial charge in [-0.05, 0) is 27.7 Å². The van der Waals surface area contributed by atoms with E-state index in [2.05, 4.69) is 4.98 Å². The average Bonchev–Trinajstić information content (AvgIpc) is 2.47. The van der Waals surface area contributed by atoms with E-state index in [0.717, 1.165) is 6.20 Å². The molecule has 0 amide bonds. The molecule has 0 aliphatic carbocycles. The lowest BCUT2D eigenvalue weighted by Crippen LogP contribution is -2.27. The van der Waals surface area contributed by atoms with E-state index < -0.39 is 28.5 Å². The Balaban J connectivity index is 3.43. The molecule has 24 heavy (non-hydrogen) atoms. The number of ether oxygens (including phenoxy) is 3. The molecule has 0 aliphatic rings. The van der Waals surface area contributed by atoms with Gasteiger partial charge in [-0.25, -0.2) is 4.98 Å². The van der Waals surface area contributed by atoms with Crippen LogP contribution < -0.4 is 4.74 Å². The van der Waals surface area contributed by atoms with Crippen molar-refractivity contribution < 1.29 is 28.7 Å². The topological polar surface area (TPSA) is 118 Å². The molecule has 0 N–H and O–H groups in total. The lowest BCUT2D eigenvalue weighted by Gasteiger charge is -2.16. The summed E-state index contributed by atoms with van der Waals surface area (Å²) in [6.45, 7) is 6.66. The zero-order valence-electron chi connectivity index (χ0n) is 14.0. The Morgan fingerprint density at radius 2 is 1.75 bits per heavy atom. The predicted molar refractivity (Wildman–Crippen MR) is 82.7 cm³/mol. The molecule has 1 aromatic heterocycles. The highest BCUT2D eigenvalue weighted by Crippen LogP contribution is 2.31. The molecule has 0 saturated carbocycles. The minimum atomic E-state index is -1.58. The third kappa shape index (κ3) is 4.90. The molecule has 0 fully saturated rings. The normalized spacial score (nSPS) is 10.6. The van der Waals surface area contributed by atoms with Gasteiger partial charge in [0.2, 0.25) is 5.88 Å². The number of hydrogen-bond donors (Lipinski definition) is 0. The maximum Gasteiger partial charge on any atom is 0.325 e. The van der Waals surface area contributed by atoms with Crippen molar-refractivity contribution >= 4 is 17.6 Å². The molecule has 1 aromatic rings. The van der Waals surface area contributed by atoms with Crippen molar-refractivity contribution in [3.8, 4) is 5.88 Å². The summed E-state index contributed by atoms with van der Waals surface area (Å²) in [5.41, 5.74) is -0.667. The number of aromatic nitrogens is 1. The van der Waals surface area contributed by atoms with E-state index in [1.807, 2.05) is 0 Å². The van der Waals surface area contributed by atoms with E-state index in [-0.39, 0.29) is 30.8 Å². The molecule has 0 spiro atoms. The number of pyridine rings is 1. The van der Waals surface area contributed by atoms with Crippen molar-refractivity contribution in [2.24, 2.45) is 0 Å². The van der Waals surface area contributed by atoms with Gasteiger partial charge in [0, 0.05) is 6.07 Å². The second-order valence-electron chi connectivity index (χ2n) is 4.94. The number of carbonyl (C=O) groups is 2. The Labute approximate surface area is 139 Å². The molecular weight excluding hydrogens is 320 g/mol. The van der Waals surface area contributed by atoms with Gasteiger partial charge in [-0.1, -0.05) is 0 Å². The molecule has 0 saturated heterocycles. The Kier molecular flexibility index (Phi) is 7.09. The van der Waals surface area contributed by atoms with Gasteiger partial charge in [0.1, 0.15) is 6.20 Å². The molecule has 0 unspecified atom stereocenters. The van der Waals surface area contributed by atoms with Crippen molar-refractivity contribution in [3.05, 3.63) is 27.9 Å².